The summed E-state index contributed by atoms with van der Waals surface area (Å²) in [6.07, 6.45) is 7.70. The minimum absolute atomic E-state index is 0.112. The first-order valence-corrected chi connectivity index (χ1v) is 12.3. The molecule has 1 aromatic rings. The lowest BCUT2D eigenvalue weighted by molar-refractivity contribution is -0.161. The summed E-state index contributed by atoms with van der Waals surface area (Å²) in [5.74, 6) is -2.99. The smallest absolute Gasteiger partial charge is 0.313 e. The lowest BCUT2D eigenvalue weighted by Crippen LogP contribution is -2.58. The Kier molecular flexibility index (Phi) is 5.84. The fraction of sp³-hybridized carbons (Fsp3) is 0.519. The Bertz CT molecular complexity index is 1080. The van der Waals surface area contributed by atoms with Crippen LogP contribution in [0.1, 0.15) is 38.8 Å². The molecule has 8 heteroatoms. The molecule has 5 rings (SSSR count). The third-order valence-corrected chi connectivity index (χ3v) is 7.98. The molecule has 0 radical (unpaired) electrons. The normalized spacial score (nSPS) is 34.9. The largest absolute Gasteiger partial charge is 0.461 e. The van der Waals surface area contributed by atoms with Crippen LogP contribution in [0.4, 0.5) is 0 Å². The van der Waals surface area contributed by atoms with Gasteiger partial charge in [-0.2, -0.15) is 0 Å². The van der Waals surface area contributed by atoms with Crippen molar-refractivity contribution in [2.24, 2.45) is 11.8 Å². The van der Waals surface area contributed by atoms with E-state index in [2.05, 4.69) is 0 Å². The second-order valence-electron chi connectivity index (χ2n) is 10.00. The van der Waals surface area contributed by atoms with Crippen molar-refractivity contribution < 1.29 is 29.0 Å². The zero-order valence-corrected chi connectivity index (χ0v) is 20.3. The van der Waals surface area contributed by atoms with Gasteiger partial charge in [-0.3, -0.25) is 14.4 Å². The van der Waals surface area contributed by atoms with Crippen molar-refractivity contribution in [3.63, 3.8) is 0 Å². The van der Waals surface area contributed by atoms with Crippen molar-refractivity contribution >= 4 is 17.8 Å². The number of cyclic esters (lactones) is 1. The van der Waals surface area contributed by atoms with Gasteiger partial charge < -0.3 is 24.4 Å². The monoisotopic (exact) mass is 480 g/mol. The van der Waals surface area contributed by atoms with Gasteiger partial charge in [0.15, 0.2) is 0 Å². The molecule has 4 heterocycles. The lowest BCUT2D eigenvalue weighted by Gasteiger charge is -2.41. The van der Waals surface area contributed by atoms with Crippen molar-refractivity contribution in [1.82, 2.24) is 9.80 Å². The summed E-state index contributed by atoms with van der Waals surface area (Å²) in [7, 11) is 0. The van der Waals surface area contributed by atoms with Gasteiger partial charge in [-0.25, -0.2) is 0 Å². The standard InChI is InChI=1S/C27H32N2O6/c1-4-26-12-9-15-34-25(33)21(26)20-23(31)29(19(16-30)18-10-6-5-7-11-18)22-24(32)28(17(2)3)14-8-13-27(20,22)35-26/h5-13,17,19-22,30H,4,14-16H2,1-3H3/t19-,20+,21-,22?,26+,27+/m1/s1. The number of amides is 2. The minimum atomic E-state index is -1.36. The van der Waals surface area contributed by atoms with Gasteiger partial charge in [0.1, 0.15) is 29.8 Å². The Morgan fingerprint density at radius 2 is 1.80 bits per heavy atom. The molecule has 0 aromatic heterocycles. The van der Waals surface area contributed by atoms with Crippen LogP contribution in [-0.4, -0.2) is 75.7 Å². The molecule has 1 unspecified atom stereocenters. The van der Waals surface area contributed by atoms with Gasteiger partial charge in [0.05, 0.1) is 18.6 Å². The zero-order chi connectivity index (χ0) is 25.0. The summed E-state index contributed by atoms with van der Waals surface area (Å²) in [5, 5.41) is 10.5. The highest BCUT2D eigenvalue weighted by Gasteiger charge is 2.76. The van der Waals surface area contributed by atoms with Crippen LogP contribution < -0.4 is 0 Å². The van der Waals surface area contributed by atoms with E-state index < -0.39 is 41.1 Å². The van der Waals surface area contributed by atoms with Gasteiger partial charge in [0.25, 0.3) is 0 Å². The Balaban J connectivity index is 1.73. The molecule has 186 valence electrons. The highest BCUT2D eigenvalue weighted by Crippen LogP contribution is 2.59. The molecule has 4 aliphatic rings. The minimum Gasteiger partial charge on any atom is -0.461 e. The molecule has 0 bridgehead atoms. The number of likely N-dealkylation sites (tertiary alicyclic amines) is 1. The topological polar surface area (TPSA) is 96.4 Å². The summed E-state index contributed by atoms with van der Waals surface area (Å²) in [4.78, 5) is 45.0. The van der Waals surface area contributed by atoms with Gasteiger partial charge in [-0.1, -0.05) is 55.5 Å². The van der Waals surface area contributed by atoms with E-state index in [9.17, 15) is 19.5 Å². The fourth-order valence-corrected chi connectivity index (χ4v) is 6.38. The maximum Gasteiger partial charge on any atom is 0.313 e. The molecular formula is C27H32N2O6. The Morgan fingerprint density at radius 3 is 2.46 bits per heavy atom. The van der Waals surface area contributed by atoms with Gasteiger partial charge in [-0.15, -0.1) is 0 Å². The van der Waals surface area contributed by atoms with Gasteiger partial charge in [0, 0.05) is 12.6 Å². The number of ether oxygens (including phenoxy) is 2. The van der Waals surface area contributed by atoms with E-state index in [-0.39, 0.29) is 31.1 Å². The molecule has 2 fully saturated rings. The number of esters is 1. The van der Waals surface area contributed by atoms with Crippen molar-refractivity contribution in [3.8, 4) is 0 Å². The summed E-state index contributed by atoms with van der Waals surface area (Å²) in [5.41, 5.74) is -1.71. The van der Waals surface area contributed by atoms with E-state index in [1.165, 1.54) is 4.90 Å². The van der Waals surface area contributed by atoms with Crippen LogP contribution in [0.5, 0.6) is 0 Å². The molecule has 0 saturated carbocycles. The quantitative estimate of drug-likeness (QED) is 0.512. The van der Waals surface area contributed by atoms with Gasteiger partial charge >= 0.3 is 5.97 Å². The van der Waals surface area contributed by atoms with E-state index in [0.717, 1.165) is 0 Å². The maximum atomic E-state index is 14.3. The number of fused-ring (bicyclic) bond motifs is 2. The first kappa shape index (κ1) is 23.8. The number of hydrogen-bond donors (Lipinski definition) is 1. The third-order valence-electron chi connectivity index (χ3n) is 7.98. The van der Waals surface area contributed by atoms with E-state index in [1.54, 1.807) is 11.0 Å². The molecule has 2 amide bonds. The Labute approximate surface area is 205 Å². The molecule has 1 N–H and O–H groups in total. The van der Waals surface area contributed by atoms with Crippen LogP contribution in [0.3, 0.4) is 0 Å². The van der Waals surface area contributed by atoms with Crippen LogP contribution in [0.25, 0.3) is 0 Å². The predicted octanol–water partition coefficient (Wildman–Crippen LogP) is 2.00. The third kappa shape index (κ3) is 3.30. The van der Waals surface area contributed by atoms with Crippen molar-refractivity contribution in [2.75, 3.05) is 19.8 Å². The number of carbonyl (C=O) groups excluding carboxylic acids is 3. The molecule has 0 aliphatic carbocycles. The number of rotatable bonds is 5. The highest BCUT2D eigenvalue weighted by molar-refractivity contribution is 5.99. The zero-order valence-electron chi connectivity index (χ0n) is 20.3. The number of benzene rings is 1. The molecule has 4 aliphatic heterocycles. The number of aliphatic hydroxyl groups is 1. The van der Waals surface area contributed by atoms with Crippen molar-refractivity contribution in [2.45, 2.75) is 56.5 Å². The second-order valence-corrected chi connectivity index (χ2v) is 10.00. The average molecular weight is 481 g/mol. The Hall–Kier alpha value is -2.97. The molecule has 1 spiro atoms. The summed E-state index contributed by atoms with van der Waals surface area (Å²) in [6.45, 7) is 5.87. The van der Waals surface area contributed by atoms with E-state index >= 15 is 0 Å². The molecule has 2 saturated heterocycles. The SMILES string of the molecule is CC[C@]12C=CCOC(=O)[C@H]1[C@H]1C(=O)N([C@H](CO)c3ccccc3)C3C(=O)N(C(C)C)CC=C[C@@]31O2. The average Bonchev–Trinajstić information content (AvgIpc) is 3.12. The first-order valence-electron chi connectivity index (χ1n) is 12.3. The second kappa shape index (κ2) is 8.60. The van der Waals surface area contributed by atoms with Crippen LogP contribution in [0, 0.1) is 11.8 Å². The number of hydrogen-bond acceptors (Lipinski definition) is 6. The van der Waals surface area contributed by atoms with Gasteiger partial charge in [0.2, 0.25) is 11.8 Å². The fourth-order valence-electron chi connectivity index (χ4n) is 6.38. The van der Waals surface area contributed by atoms with Gasteiger partial charge in [-0.05, 0) is 31.9 Å². The highest BCUT2D eigenvalue weighted by atomic mass is 16.6. The van der Waals surface area contributed by atoms with Crippen molar-refractivity contribution in [3.05, 3.63) is 60.2 Å². The molecule has 6 atom stereocenters. The molecular weight excluding hydrogens is 448 g/mol. The lowest BCUT2D eigenvalue weighted by atomic mass is 9.73. The summed E-state index contributed by atoms with van der Waals surface area (Å²) < 4.78 is 12.3. The molecule has 8 nitrogen and oxygen atoms in total. The van der Waals surface area contributed by atoms with Crippen LogP contribution in [0.15, 0.2) is 54.6 Å². The maximum absolute atomic E-state index is 14.3. The first-order chi connectivity index (χ1) is 16.8. The predicted molar refractivity (Wildman–Crippen MR) is 127 cm³/mol. The van der Waals surface area contributed by atoms with E-state index in [4.69, 9.17) is 9.47 Å². The summed E-state index contributed by atoms with van der Waals surface area (Å²) in [6, 6.07) is 7.25. The number of aliphatic hydroxyl groups excluding tert-OH is 1. The van der Waals surface area contributed by atoms with E-state index in [1.807, 2.05) is 69.3 Å². The van der Waals surface area contributed by atoms with Crippen molar-refractivity contribution in [1.29, 1.82) is 0 Å². The Morgan fingerprint density at radius 1 is 1.06 bits per heavy atom. The molecule has 35 heavy (non-hydrogen) atoms. The van der Waals surface area contributed by atoms with Crippen LogP contribution in [0.2, 0.25) is 0 Å². The van der Waals surface area contributed by atoms with Crippen LogP contribution in [-0.2, 0) is 23.9 Å². The van der Waals surface area contributed by atoms with E-state index in [0.29, 0.717) is 18.5 Å². The van der Waals surface area contributed by atoms with Crippen LogP contribution >= 0.6 is 0 Å². The number of nitrogens with zero attached hydrogens (tertiary/aromatic N) is 2. The summed E-state index contributed by atoms with van der Waals surface area (Å²) >= 11 is 0. The molecule has 1 aromatic carbocycles. The number of carbonyl (C=O) groups is 3.